The Morgan fingerprint density at radius 2 is 1.63 bits per heavy atom. The Labute approximate surface area is 158 Å². The van der Waals surface area contributed by atoms with E-state index in [1.807, 2.05) is 42.5 Å². The normalized spacial score (nSPS) is 13.4. The minimum absolute atomic E-state index is 0.268. The van der Waals surface area contributed by atoms with Crippen molar-refractivity contribution in [3.63, 3.8) is 0 Å². The molecule has 136 valence electrons. The zero-order valence-electron chi connectivity index (χ0n) is 14.9. The van der Waals surface area contributed by atoms with Crippen LogP contribution >= 0.6 is 0 Å². The second-order valence-electron chi connectivity index (χ2n) is 6.47. The molecule has 0 unspecified atom stereocenters. The molecule has 1 saturated heterocycles. The fourth-order valence-corrected chi connectivity index (χ4v) is 3.15. The maximum Gasteiger partial charge on any atom is 0.274 e. The Balaban J connectivity index is 1.43. The molecule has 1 fully saturated rings. The molecule has 2 N–H and O–H groups in total. The van der Waals surface area contributed by atoms with Crippen LogP contribution in [0.3, 0.4) is 0 Å². The smallest absolute Gasteiger partial charge is 0.274 e. The number of nitrogens with zero attached hydrogens (tertiary/aromatic N) is 3. The maximum absolute atomic E-state index is 12.4. The fourth-order valence-electron chi connectivity index (χ4n) is 3.15. The summed E-state index contributed by atoms with van der Waals surface area (Å²) in [6, 6.07) is 19.2. The molecule has 0 atom stereocenters. The second kappa shape index (κ2) is 7.86. The minimum Gasteiger partial charge on any atom is -0.372 e. The van der Waals surface area contributed by atoms with E-state index in [4.69, 9.17) is 0 Å². The summed E-state index contributed by atoms with van der Waals surface area (Å²) >= 11 is 0. The van der Waals surface area contributed by atoms with Gasteiger partial charge in [0.25, 0.3) is 5.91 Å². The molecule has 1 aliphatic heterocycles. The second-order valence-corrected chi connectivity index (χ2v) is 6.47. The number of para-hydroxylation sites is 1. The van der Waals surface area contributed by atoms with Gasteiger partial charge in [-0.15, -0.1) is 0 Å². The first-order valence-electron chi connectivity index (χ1n) is 9.08. The fraction of sp³-hybridized carbons (Fsp3) is 0.190. The van der Waals surface area contributed by atoms with Gasteiger partial charge in [-0.25, -0.2) is 9.97 Å². The van der Waals surface area contributed by atoms with Crippen molar-refractivity contribution in [2.45, 2.75) is 12.8 Å². The molecule has 27 heavy (non-hydrogen) atoms. The monoisotopic (exact) mass is 359 g/mol. The van der Waals surface area contributed by atoms with Crippen molar-refractivity contribution in [2.24, 2.45) is 0 Å². The number of rotatable bonds is 5. The Morgan fingerprint density at radius 3 is 2.37 bits per heavy atom. The molecule has 1 amide bonds. The summed E-state index contributed by atoms with van der Waals surface area (Å²) in [7, 11) is 0. The quantitative estimate of drug-likeness (QED) is 0.718. The summed E-state index contributed by atoms with van der Waals surface area (Å²) in [4.78, 5) is 23.1. The van der Waals surface area contributed by atoms with Crippen molar-refractivity contribution in [3.05, 3.63) is 72.7 Å². The van der Waals surface area contributed by atoms with Crippen LogP contribution in [-0.2, 0) is 0 Å². The third-order valence-electron chi connectivity index (χ3n) is 4.54. The molecular weight excluding hydrogens is 338 g/mol. The number of hydrogen-bond donors (Lipinski definition) is 2. The number of hydrogen-bond acceptors (Lipinski definition) is 5. The number of amides is 1. The molecule has 0 bridgehead atoms. The van der Waals surface area contributed by atoms with E-state index in [2.05, 4.69) is 37.6 Å². The van der Waals surface area contributed by atoms with Gasteiger partial charge in [-0.2, -0.15) is 0 Å². The highest BCUT2D eigenvalue weighted by Crippen LogP contribution is 2.23. The van der Waals surface area contributed by atoms with Gasteiger partial charge < -0.3 is 15.5 Å². The van der Waals surface area contributed by atoms with Crippen molar-refractivity contribution < 1.29 is 4.79 Å². The van der Waals surface area contributed by atoms with Crippen LogP contribution in [0.15, 0.2) is 67.0 Å². The van der Waals surface area contributed by atoms with Gasteiger partial charge in [0.15, 0.2) is 0 Å². The van der Waals surface area contributed by atoms with Crippen LogP contribution in [0.4, 0.5) is 22.9 Å². The molecule has 1 aliphatic rings. The van der Waals surface area contributed by atoms with Gasteiger partial charge >= 0.3 is 0 Å². The number of aromatic nitrogens is 2. The molecule has 0 spiro atoms. The van der Waals surface area contributed by atoms with Crippen LogP contribution in [0, 0.1) is 0 Å². The van der Waals surface area contributed by atoms with Gasteiger partial charge in [-0.3, -0.25) is 4.79 Å². The van der Waals surface area contributed by atoms with Crippen LogP contribution in [0.2, 0.25) is 0 Å². The predicted octanol–water partition coefficient (Wildman–Crippen LogP) is 4.07. The van der Waals surface area contributed by atoms with Crippen LogP contribution in [0.1, 0.15) is 23.3 Å². The van der Waals surface area contributed by atoms with Gasteiger partial charge in [0.2, 0.25) is 0 Å². The van der Waals surface area contributed by atoms with Crippen LogP contribution < -0.4 is 15.5 Å². The van der Waals surface area contributed by atoms with Crippen molar-refractivity contribution >= 4 is 28.8 Å². The lowest BCUT2D eigenvalue weighted by atomic mass is 10.2. The summed E-state index contributed by atoms with van der Waals surface area (Å²) in [5, 5.41) is 6.06. The van der Waals surface area contributed by atoms with E-state index in [1.54, 1.807) is 6.07 Å². The van der Waals surface area contributed by atoms with Gasteiger partial charge in [0, 0.05) is 36.2 Å². The van der Waals surface area contributed by atoms with E-state index in [-0.39, 0.29) is 5.91 Å². The third kappa shape index (κ3) is 4.23. The average molecular weight is 359 g/mol. The number of benzene rings is 2. The molecule has 0 radical (unpaired) electrons. The summed E-state index contributed by atoms with van der Waals surface area (Å²) in [5.74, 6) is 0.313. The maximum atomic E-state index is 12.4. The summed E-state index contributed by atoms with van der Waals surface area (Å²) in [6.07, 6.45) is 3.91. The van der Waals surface area contributed by atoms with Gasteiger partial charge in [-0.1, -0.05) is 18.2 Å². The number of nitrogens with one attached hydrogen (secondary N) is 2. The predicted molar refractivity (Wildman–Crippen MR) is 108 cm³/mol. The Kier molecular flexibility index (Phi) is 4.96. The topological polar surface area (TPSA) is 70.2 Å². The van der Waals surface area contributed by atoms with E-state index < -0.39 is 0 Å². The van der Waals surface area contributed by atoms with Crippen molar-refractivity contribution in [2.75, 3.05) is 28.6 Å². The SMILES string of the molecule is O=C(Nc1ccccc1)c1cc(Nc2ccc(N3CCCC3)cc2)ncn1. The molecular formula is C21H21N5O. The van der Waals surface area contributed by atoms with Gasteiger partial charge in [-0.05, 0) is 49.2 Å². The summed E-state index contributed by atoms with van der Waals surface area (Å²) in [6.45, 7) is 2.25. The van der Waals surface area contributed by atoms with E-state index in [1.165, 1.54) is 24.9 Å². The summed E-state index contributed by atoms with van der Waals surface area (Å²) in [5.41, 5.74) is 3.20. The first-order chi connectivity index (χ1) is 13.3. The Bertz CT molecular complexity index is 905. The standard InChI is InChI=1S/C21H21N5O/c27-21(25-16-6-2-1-3-7-16)19-14-20(23-15-22-19)24-17-8-10-18(11-9-17)26-12-4-5-13-26/h1-3,6-11,14-15H,4-5,12-13H2,(H,25,27)(H,22,23,24). The van der Waals surface area contributed by atoms with Crippen LogP contribution in [0.25, 0.3) is 0 Å². The molecule has 1 aromatic heterocycles. The lowest BCUT2D eigenvalue weighted by Gasteiger charge is -2.17. The van der Waals surface area contributed by atoms with Crippen LogP contribution in [0.5, 0.6) is 0 Å². The highest BCUT2D eigenvalue weighted by molar-refractivity contribution is 6.03. The van der Waals surface area contributed by atoms with Crippen molar-refractivity contribution in [3.8, 4) is 0 Å². The van der Waals surface area contributed by atoms with Gasteiger partial charge in [0.1, 0.15) is 17.8 Å². The molecule has 2 heterocycles. The molecule has 4 rings (SSSR count). The molecule has 0 aliphatic carbocycles. The minimum atomic E-state index is -0.268. The lowest BCUT2D eigenvalue weighted by molar-refractivity contribution is 0.102. The van der Waals surface area contributed by atoms with Crippen LogP contribution in [-0.4, -0.2) is 29.0 Å². The van der Waals surface area contributed by atoms with Gasteiger partial charge in [0.05, 0.1) is 0 Å². The zero-order chi connectivity index (χ0) is 18.5. The Morgan fingerprint density at radius 1 is 0.889 bits per heavy atom. The van der Waals surface area contributed by atoms with E-state index >= 15 is 0 Å². The van der Waals surface area contributed by atoms with E-state index in [0.29, 0.717) is 11.5 Å². The first-order valence-corrected chi connectivity index (χ1v) is 9.08. The van der Waals surface area contributed by atoms with E-state index in [0.717, 1.165) is 24.5 Å². The number of carbonyl (C=O) groups is 1. The van der Waals surface area contributed by atoms with E-state index in [9.17, 15) is 4.79 Å². The third-order valence-corrected chi connectivity index (χ3v) is 4.54. The molecule has 0 saturated carbocycles. The number of anilines is 4. The average Bonchev–Trinajstić information content (AvgIpc) is 3.24. The molecule has 2 aromatic carbocycles. The highest BCUT2D eigenvalue weighted by atomic mass is 16.1. The first kappa shape index (κ1) is 17.0. The lowest BCUT2D eigenvalue weighted by Crippen LogP contribution is -2.17. The van der Waals surface area contributed by atoms with Crippen molar-refractivity contribution in [1.29, 1.82) is 0 Å². The number of carbonyl (C=O) groups excluding carboxylic acids is 1. The highest BCUT2D eigenvalue weighted by Gasteiger charge is 2.12. The largest absolute Gasteiger partial charge is 0.372 e. The zero-order valence-corrected chi connectivity index (χ0v) is 14.9. The molecule has 6 nitrogen and oxygen atoms in total. The summed E-state index contributed by atoms with van der Waals surface area (Å²) < 4.78 is 0. The van der Waals surface area contributed by atoms with Crippen molar-refractivity contribution in [1.82, 2.24) is 9.97 Å². The molecule has 6 heteroatoms. The Hall–Kier alpha value is -3.41. The molecule has 3 aromatic rings.